The third-order valence-corrected chi connectivity index (χ3v) is 2.63. The van der Waals surface area contributed by atoms with E-state index in [0.717, 1.165) is 10.6 Å². The van der Waals surface area contributed by atoms with Crippen LogP contribution < -0.4 is 0 Å². The van der Waals surface area contributed by atoms with E-state index >= 15 is 0 Å². The van der Waals surface area contributed by atoms with Gasteiger partial charge in [-0.1, -0.05) is 30.3 Å². The lowest BCUT2D eigenvalue weighted by molar-refractivity contribution is 0.220. The predicted octanol–water partition coefficient (Wildman–Crippen LogP) is 2.22. The van der Waals surface area contributed by atoms with Crippen molar-refractivity contribution in [3.8, 4) is 0 Å². The second kappa shape index (κ2) is 3.68. The van der Waals surface area contributed by atoms with Gasteiger partial charge in [-0.05, 0) is 5.56 Å². The monoisotopic (exact) mass is 191 g/mol. The van der Waals surface area contributed by atoms with Gasteiger partial charge in [0, 0.05) is 11.6 Å². The largest absolute Gasteiger partial charge is 0.381 e. The Morgan fingerprint density at radius 3 is 2.62 bits per heavy atom. The number of benzene rings is 1. The van der Waals surface area contributed by atoms with Crippen LogP contribution in [0.3, 0.4) is 0 Å². The third kappa shape index (κ3) is 1.76. The number of rotatable bonds is 2. The Bertz CT molecular complexity index is 358. The second-order valence-corrected chi connectivity index (χ2v) is 3.61. The van der Waals surface area contributed by atoms with E-state index in [1.807, 2.05) is 35.7 Å². The van der Waals surface area contributed by atoms with Gasteiger partial charge in [0.25, 0.3) is 0 Å². The summed E-state index contributed by atoms with van der Waals surface area (Å²) in [6.07, 6.45) is 1.12. The molecule has 1 atom stereocenters. The highest BCUT2D eigenvalue weighted by molar-refractivity contribution is 7.09. The predicted molar refractivity (Wildman–Crippen MR) is 52.6 cm³/mol. The average molecular weight is 191 g/mol. The quantitative estimate of drug-likeness (QED) is 0.789. The maximum absolute atomic E-state index is 9.83. The summed E-state index contributed by atoms with van der Waals surface area (Å²) in [5, 5.41) is 12.4. The molecule has 0 bridgehead atoms. The molecular formula is C10H9NOS. The van der Waals surface area contributed by atoms with Crippen LogP contribution in [0.1, 0.15) is 16.7 Å². The van der Waals surface area contributed by atoms with Gasteiger partial charge in [-0.3, -0.25) is 0 Å². The summed E-state index contributed by atoms with van der Waals surface area (Å²) in [5.41, 5.74) is 0.887. The van der Waals surface area contributed by atoms with E-state index in [0.29, 0.717) is 0 Å². The number of aliphatic hydroxyl groups is 1. The maximum Gasteiger partial charge on any atom is 0.131 e. The molecule has 0 aliphatic carbocycles. The number of aliphatic hydroxyl groups excluding tert-OH is 1. The SMILES string of the molecule is O[C@H](c1ccccc1)c1nccs1. The zero-order valence-corrected chi connectivity index (χ0v) is 7.74. The molecule has 0 saturated heterocycles. The summed E-state index contributed by atoms with van der Waals surface area (Å²) in [7, 11) is 0. The van der Waals surface area contributed by atoms with Crippen LogP contribution in [0.5, 0.6) is 0 Å². The third-order valence-electron chi connectivity index (χ3n) is 1.80. The number of aromatic nitrogens is 1. The van der Waals surface area contributed by atoms with Crippen molar-refractivity contribution in [2.45, 2.75) is 6.10 Å². The fourth-order valence-corrected chi connectivity index (χ4v) is 1.80. The number of hydrogen-bond donors (Lipinski definition) is 1. The lowest BCUT2D eigenvalue weighted by Gasteiger charge is -2.06. The molecule has 2 rings (SSSR count). The standard InChI is InChI=1S/C10H9NOS/c12-9(10-11-6-7-13-10)8-4-2-1-3-5-8/h1-7,9,12H/t9-/m1/s1. The second-order valence-electron chi connectivity index (χ2n) is 2.68. The number of thiazole rings is 1. The van der Waals surface area contributed by atoms with Crippen LogP contribution in [0.15, 0.2) is 41.9 Å². The van der Waals surface area contributed by atoms with Crippen LogP contribution in [0.2, 0.25) is 0 Å². The van der Waals surface area contributed by atoms with Crippen LogP contribution in [-0.2, 0) is 0 Å². The molecule has 0 fully saturated rings. The molecule has 0 amide bonds. The summed E-state index contributed by atoms with van der Waals surface area (Å²) in [5.74, 6) is 0. The summed E-state index contributed by atoms with van der Waals surface area (Å²) < 4.78 is 0. The molecule has 0 unspecified atom stereocenters. The van der Waals surface area contributed by atoms with Crippen molar-refractivity contribution in [3.05, 3.63) is 52.5 Å². The molecule has 0 saturated carbocycles. The molecule has 0 radical (unpaired) electrons. The van der Waals surface area contributed by atoms with E-state index in [2.05, 4.69) is 4.98 Å². The van der Waals surface area contributed by atoms with Crippen molar-refractivity contribution in [2.24, 2.45) is 0 Å². The smallest absolute Gasteiger partial charge is 0.131 e. The number of nitrogens with zero attached hydrogens (tertiary/aromatic N) is 1. The average Bonchev–Trinajstić information content (AvgIpc) is 2.71. The molecule has 2 aromatic rings. The van der Waals surface area contributed by atoms with Crippen LogP contribution >= 0.6 is 11.3 Å². The molecule has 66 valence electrons. The first-order valence-electron chi connectivity index (χ1n) is 4.00. The Hall–Kier alpha value is -1.19. The van der Waals surface area contributed by atoms with Gasteiger partial charge >= 0.3 is 0 Å². The molecule has 1 N–H and O–H groups in total. The Morgan fingerprint density at radius 2 is 2.00 bits per heavy atom. The van der Waals surface area contributed by atoms with Crippen LogP contribution in [0, 0.1) is 0 Å². The molecule has 0 aliphatic rings. The Balaban J connectivity index is 2.29. The van der Waals surface area contributed by atoms with Crippen LogP contribution in [0.4, 0.5) is 0 Å². The fraction of sp³-hybridized carbons (Fsp3) is 0.100. The lowest BCUT2D eigenvalue weighted by atomic mass is 10.1. The van der Waals surface area contributed by atoms with Gasteiger partial charge in [-0.2, -0.15) is 0 Å². The minimum Gasteiger partial charge on any atom is -0.381 e. The van der Waals surface area contributed by atoms with Crippen molar-refractivity contribution in [1.29, 1.82) is 0 Å². The van der Waals surface area contributed by atoms with Gasteiger partial charge < -0.3 is 5.11 Å². The van der Waals surface area contributed by atoms with Gasteiger partial charge in [0.05, 0.1) is 0 Å². The molecule has 1 aromatic heterocycles. The molecule has 2 nitrogen and oxygen atoms in total. The van der Waals surface area contributed by atoms with Crippen molar-refractivity contribution >= 4 is 11.3 Å². The van der Waals surface area contributed by atoms with Crippen LogP contribution in [-0.4, -0.2) is 10.1 Å². The van der Waals surface area contributed by atoms with Gasteiger partial charge in [-0.25, -0.2) is 4.98 Å². The molecular weight excluding hydrogens is 182 g/mol. The summed E-state index contributed by atoms with van der Waals surface area (Å²) in [6.45, 7) is 0. The van der Waals surface area contributed by atoms with E-state index in [4.69, 9.17) is 0 Å². The minimum absolute atomic E-state index is 0.582. The van der Waals surface area contributed by atoms with Gasteiger partial charge in [0.15, 0.2) is 0 Å². The lowest BCUT2D eigenvalue weighted by Crippen LogP contribution is -1.97. The normalized spacial score (nSPS) is 12.7. The summed E-state index contributed by atoms with van der Waals surface area (Å²) in [4.78, 5) is 4.06. The zero-order chi connectivity index (χ0) is 9.10. The van der Waals surface area contributed by atoms with Gasteiger partial charge in [0.1, 0.15) is 11.1 Å². The maximum atomic E-state index is 9.83. The highest BCUT2D eigenvalue weighted by Crippen LogP contribution is 2.22. The van der Waals surface area contributed by atoms with E-state index in [1.165, 1.54) is 11.3 Å². The Labute approximate surface area is 80.5 Å². The molecule has 13 heavy (non-hydrogen) atoms. The van der Waals surface area contributed by atoms with Crippen molar-refractivity contribution < 1.29 is 5.11 Å². The van der Waals surface area contributed by atoms with Crippen molar-refractivity contribution in [2.75, 3.05) is 0 Å². The number of hydrogen-bond acceptors (Lipinski definition) is 3. The summed E-state index contributed by atoms with van der Waals surface area (Å²) >= 11 is 1.46. The highest BCUT2D eigenvalue weighted by Gasteiger charge is 2.11. The van der Waals surface area contributed by atoms with E-state index in [9.17, 15) is 5.11 Å². The topological polar surface area (TPSA) is 33.1 Å². The van der Waals surface area contributed by atoms with E-state index in [-0.39, 0.29) is 0 Å². The first-order chi connectivity index (χ1) is 6.38. The van der Waals surface area contributed by atoms with E-state index in [1.54, 1.807) is 6.20 Å². The minimum atomic E-state index is -0.582. The fourth-order valence-electron chi connectivity index (χ4n) is 1.15. The molecule has 0 aliphatic heterocycles. The first-order valence-corrected chi connectivity index (χ1v) is 4.88. The molecule has 3 heteroatoms. The zero-order valence-electron chi connectivity index (χ0n) is 6.92. The Morgan fingerprint density at radius 1 is 1.23 bits per heavy atom. The van der Waals surface area contributed by atoms with Crippen molar-refractivity contribution in [3.63, 3.8) is 0 Å². The van der Waals surface area contributed by atoms with Gasteiger partial charge in [-0.15, -0.1) is 11.3 Å². The molecule has 1 heterocycles. The Kier molecular flexibility index (Phi) is 2.38. The van der Waals surface area contributed by atoms with E-state index < -0.39 is 6.10 Å². The highest BCUT2D eigenvalue weighted by atomic mass is 32.1. The van der Waals surface area contributed by atoms with Gasteiger partial charge in [0.2, 0.25) is 0 Å². The van der Waals surface area contributed by atoms with Crippen molar-refractivity contribution in [1.82, 2.24) is 4.98 Å². The van der Waals surface area contributed by atoms with Crippen LogP contribution in [0.25, 0.3) is 0 Å². The summed E-state index contributed by atoms with van der Waals surface area (Å²) in [6, 6.07) is 9.54. The molecule has 0 spiro atoms. The molecule has 1 aromatic carbocycles. The first kappa shape index (κ1) is 8.41.